The van der Waals surface area contributed by atoms with Crippen molar-refractivity contribution in [1.29, 1.82) is 0 Å². The van der Waals surface area contributed by atoms with Crippen LogP contribution in [0.3, 0.4) is 0 Å². The minimum atomic E-state index is -1.63. The van der Waals surface area contributed by atoms with Gasteiger partial charge in [0, 0.05) is 0 Å². The number of carboxylic acid groups (broad SMARTS) is 2. The number of carbonyl (C=O) groups excluding carboxylic acids is 4. The Balaban J connectivity index is 5.51. The first-order valence-corrected chi connectivity index (χ1v) is 10.8. The van der Waals surface area contributed by atoms with Gasteiger partial charge in [-0.2, -0.15) is 11.8 Å². The second kappa shape index (κ2) is 14.2. The number of carbonyl (C=O) groups is 6. The Labute approximate surface area is 187 Å². The monoisotopic (exact) mass is 479 g/mol. The maximum Gasteiger partial charge on any atom is 0.326 e. The van der Waals surface area contributed by atoms with Crippen molar-refractivity contribution < 1.29 is 44.1 Å². The van der Waals surface area contributed by atoms with Crippen LogP contribution < -0.4 is 27.4 Å². The molecule has 0 aromatic rings. The molecule has 15 heteroatoms. The molecule has 0 aliphatic rings. The van der Waals surface area contributed by atoms with Crippen LogP contribution in [0.1, 0.15) is 26.2 Å². The van der Waals surface area contributed by atoms with E-state index in [0.29, 0.717) is 5.75 Å². The molecule has 182 valence electrons. The first kappa shape index (κ1) is 29.1. The van der Waals surface area contributed by atoms with E-state index >= 15 is 0 Å². The Morgan fingerprint density at radius 3 is 1.81 bits per heavy atom. The third-order valence-corrected chi connectivity index (χ3v) is 4.74. The normalized spacial score (nSPS) is 15.4. The summed E-state index contributed by atoms with van der Waals surface area (Å²) in [6.45, 7) is 1.23. The molecular weight excluding hydrogens is 450 g/mol. The van der Waals surface area contributed by atoms with E-state index in [1.165, 1.54) is 18.7 Å². The Kier molecular flexibility index (Phi) is 12.9. The molecule has 5 unspecified atom stereocenters. The van der Waals surface area contributed by atoms with Crippen molar-refractivity contribution in [3.63, 3.8) is 0 Å². The highest BCUT2D eigenvalue weighted by atomic mass is 32.2. The third kappa shape index (κ3) is 10.9. The molecule has 0 fully saturated rings. The van der Waals surface area contributed by atoms with Gasteiger partial charge in [0.25, 0.3) is 0 Å². The molecule has 5 atom stereocenters. The first-order valence-electron chi connectivity index (χ1n) is 9.36. The minimum Gasteiger partial charge on any atom is -0.481 e. The number of hydrogen-bond donors (Lipinski definition) is 8. The second-order valence-corrected chi connectivity index (χ2v) is 7.82. The number of thioether (sulfide) groups is 1. The number of hydrogen-bond acceptors (Lipinski definition) is 9. The Bertz CT molecular complexity index is 719. The Morgan fingerprint density at radius 1 is 0.875 bits per heavy atom. The van der Waals surface area contributed by atoms with E-state index in [9.17, 15) is 33.9 Å². The van der Waals surface area contributed by atoms with Crippen LogP contribution in [0.25, 0.3) is 0 Å². The highest BCUT2D eigenvalue weighted by Gasteiger charge is 2.32. The summed E-state index contributed by atoms with van der Waals surface area (Å²) in [7, 11) is 0. The van der Waals surface area contributed by atoms with Crippen LogP contribution in [0.2, 0.25) is 0 Å². The van der Waals surface area contributed by atoms with Crippen LogP contribution in [0.4, 0.5) is 0 Å². The lowest BCUT2D eigenvalue weighted by atomic mass is 10.1. The van der Waals surface area contributed by atoms with Gasteiger partial charge in [-0.1, -0.05) is 0 Å². The van der Waals surface area contributed by atoms with Crippen molar-refractivity contribution in [1.82, 2.24) is 16.0 Å². The fraction of sp³-hybridized carbons (Fsp3) is 0.647. The number of nitrogens with one attached hydrogen (secondary N) is 3. The molecule has 0 saturated carbocycles. The van der Waals surface area contributed by atoms with Gasteiger partial charge in [0.1, 0.15) is 24.2 Å². The van der Waals surface area contributed by atoms with E-state index in [-0.39, 0.29) is 6.42 Å². The fourth-order valence-electron chi connectivity index (χ4n) is 2.32. The quantitative estimate of drug-likeness (QED) is 0.114. The maximum atomic E-state index is 12.6. The van der Waals surface area contributed by atoms with Gasteiger partial charge in [-0.3, -0.25) is 24.0 Å². The van der Waals surface area contributed by atoms with Gasteiger partial charge < -0.3 is 42.7 Å². The standard InChI is InChI=1S/C17H29N5O9S/c1-7(23)13(19)16(29)21-9(6-12(25)26)15(28)20-8(3-4-32-2)14(27)22-10(17(30)31)5-11(18)24/h7-10,13,23H,3-6,19H2,1-2H3,(H2,18,24)(H,20,28)(H,21,29)(H,22,27)(H,25,26)(H,30,31). The Morgan fingerprint density at radius 2 is 1.38 bits per heavy atom. The van der Waals surface area contributed by atoms with Gasteiger partial charge in [-0.05, 0) is 25.4 Å². The number of primary amides is 1. The summed E-state index contributed by atoms with van der Waals surface area (Å²) in [5, 5.41) is 34.0. The lowest BCUT2D eigenvalue weighted by Crippen LogP contribution is -2.58. The number of carboxylic acids is 2. The van der Waals surface area contributed by atoms with Crippen molar-refractivity contribution in [2.45, 2.75) is 56.5 Å². The molecule has 0 aromatic heterocycles. The summed E-state index contributed by atoms with van der Waals surface area (Å²) in [6.07, 6.45) is -1.06. The average molecular weight is 480 g/mol. The molecule has 10 N–H and O–H groups in total. The zero-order valence-corrected chi connectivity index (χ0v) is 18.4. The van der Waals surface area contributed by atoms with Crippen molar-refractivity contribution in [3.8, 4) is 0 Å². The zero-order valence-electron chi connectivity index (χ0n) is 17.6. The van der Waals surface area contributed by atoms with Crippen molar-refractivity contribution >= 4 is 47.3 Å². The highest BCUT2D eigenvalue weighted by Crippen LogP contribution is 2.05. The highest BCUT2D eigenvalue weighted by molar-refractivity contribution is 7.98. The molecule has 14 nitrogen and oxygen atoms in total. The van der Waals surface area contributed by atoms with Crippen LogP contribution in [0, 0.1) is 0 Å². The van der Waals surface area contributed by atoms with Gasteiger partial charge in [-0.25, -0.2) is 4.79 Å². The first-order chi connectivity index (χ1) is 14.8. The van der Waals surface area contributed by atoms with E-state index in [4.69, 9.17) is 21.7 Å². The molecule has 0 radical (unpaired) electrons. The molecule has 0 heterocycles. The molecule has 0 spiro atoms. The molecule has 0 rings (SSSR count). The van der Waals surface area contributed by atoms with E-state index in [0.717, 1.165) is 0 Å². The van der Waals surface area contributed by atoms with Gasteiger partial charge in [0.2, 0.25) is 23.6 Å². The number of aliphatic hydroxyl groups is 1. The number of rotatable bonds is 15. The largest absolute Gasteiger partial charge is 0.481 e. The van der Waals surface area contributed by atoms with Gasteiger partial charge in [0.05, 0.1) is 18.9 Å². The van der Waals surface area contributed by atoms with E-state index in [1.54, 1.807) is 6.26 Å². The zero-order chi connectivity index (χ0) is 25.0. The van der Waals surface area contributed by atoms with E-state index in [2.05, 4.69) is 16.0 Å². The number of amides is 4. The topological polar surface area (TPSA) is 251 Å². The van der Waals surface area contributed by atoms with Crippen LogP contribution >= 0.6 is 11.8 Å². The molecule has 0 bridgehead atoms. The second-order valence-electron chi connectivity index (χ2n) is 6.84. The van der Waals surface area contributed by atoms with Crippen molar-refractivity contribution in [3.05, 3.63) is 0 Å². The Hall–Kier alpha value is -2.91. The third-order valence-electron chi connectivity index (χ3n) is 4.10. The molecule has 0 aliphatic heterocycles. The van der Waals surface area contributed by atoms with Crippen molar-refractivity contribution in [2.75, 3.05) is 12.0 Å². The molecule has 32 heavy (non-hydrogen) atoms. The molecule has 0 saturated heterocycles. The van der Waals surface area contributed by atoms with Gasteiger partial charge in [-0.15, -0.1) is 0 Å². The molecule has 0 aliphatic carbocycles. The average Bonchev–Trinajstić information content (AvgIpc) is 2.68. The summed E-state index contributed by atoms with van der Waals surface area (Å²) in [6, 6.07) is -5.99. The lowest BCUT2D eigenvalue weighted by Gasteiger charge is -2.24. The molecule has 4 amide bonds. The number of aliphatic hydroxyl groups excluding tert-OH is 1. The number of nitrogens with two attached hydrogens (primary N) is 2. The van der Waals surface area contributed by atoms with Gasteiger partial charge in [0.15, 0.2) is 0 Å². The minimum absolute atomic E-state index is 0.0303. The summed E-state index contributed by atoms with van der Waals surface area (Å²) in [4.78, 5) is 70.6. The van der Waals surface area contributed by atoms with E-state index < -0.39 is 78.7 Å². The van der Waals surface area contributed by atoms with Crippen LogP contribution in [0.15, 0.2) is 0 Å². The smallest absolute Gasteiger partial charge is 0.326 e. The summed E-state index contributed by atoms with van der Waals surface area (Å²) < 4.78 is 0. The predicted molar refractivity (Wildman–Crippen MR) is 112 cm³/mol. The molecule has 0 aromatic carbocycles. The summed E-state index contributed by atoms with van der Waals surface area (Å²) in [5.74, 6) is -6.54. The van der Waals surface area contributed by atoms with Crippen LogP contribution in [-0.4, -0.2) is 93.2 Å². The number of aliphatic carboxylic acids is 2. The lowest BCUT2D eigenvalue weighted by molar-refractivity contribution is -0.144. The SMILES string of the molecule is CSCCC(NC(=O)C(CC(=O)O)NC(=O)C(N)C(C)O)C(=O)NC(CC(N)=O)C(=O)O. The maximum absolute atomic E-state index is 12.6. The fourth-order valence-corrected chi connectivity index (χ4v) is 2.79. The summed E-state index contributed by atoms with van der Waals surface area (Å²) in [5.41, 5.74) is 10.4. The van der Waals surface area contributed by atoms with Crippen LogP contribution in [0.5, 0.6) is 0 Å². The van der Waals surface area contributed by atoms with Gasteiger partial charge >= 0.3 is 11.9 Å². The van der Waals surface area contributed by atoms with E-state index in [1.807, 2.05) is 0 Å². The summed E-state index contributed by atoms with van der Waals surface area (Å²) >= 11 is 1.32. The molecular formula is C17H29N5O9S. The predicted octanol–water partition coefficient (Wildman–Crippen LogP) is -3.66. The van der Waals surface area contributed by atoms with Crippen LogP contribution in [-0.2, 0) is 28.8 Å². The van der Waals surface area contributed by atoms with Crippen molar-refractivity contribution in [2.24, 2.45) is 11.5 Å².